The van der Waals surface area contributed by atoms with Crippen molar-refractivity contribution in [1.29, 1.82) is 0 Å². The molecule has 1 atom stereocenters. The molecule has 0 aliphatic rings. The van der Waals surface area contributed by atoms with Gasteiger partial charge in [-0.15, -0.1) is 0 Å². The second-order valence-electron chi connectivity index (χ2n) is 23.8. The van der Waals surface area contributed by atoms with Gasteiger partial charge in [-0.2, -0.15) is 0 Å². The first-order valence-corrected chi connectivity index (χ1v) is 35.0. The lowest BCUT2D eigenvalue weighted by atomic mass is 10.0. The highest BCUT2D eigenvalue weighted by atomic mass is 16.6. The Hall–Kier alpha value is -2.37. The summed E-state index contributed by atoms with van der Waals surface area (Å²) in [5.41, 5.74) is 0. The van der Waals surface area contributed by atoms with Gasteiger partial charge in [0.1, 0.15) is 13.2 Å². The van der Waals surface area contributed by atoms with E-state index in [0.29, 0.717) is 19.3 Å². The molecule has 0 rings (SSSR count). The quantitative estimate of drug-likeness (QED) is 0.0261. The molecule has 0 fully saturated rings. The van der Waals surface area contributed by atoms with Crippen LogP contribution in [0.25, 0.3) is 0 Å². The number of carbonyl (C=O) groups excluding carboxylic acids is 3. The van der Waals surface area contributed by atoms with Crippen LogP contribution in [0.1, 0.15) is 387 Å². The van der Waals surface area contributed by atoms with Gasteiger partial charge in [0.2, 0.25) is 0 Å². The van der Waals surface area contributed by atoms with Crippen molar-refractivity contribution in [3.05, 3.63) is 36.5 Å². The fraction of sp³-hybridized carbons (Fsp3) is 0.875. The summed E-state index contributed by atoms with van der Waals surface area (Å²) in [6, 6.07) is 0. The van der Waals surface area contributed by atoms with E-state index < -0.39 is 6.10 Å². The number of esters is 3. The molecule has 0 aliphatic heterocycles. The van der Waals surface area contributed by atoms with Crippen LogP contribution in [0.4, 0.5) is 0 Å². The van der Waals surface area contributed by atoms with Crippen molar-refractivity contribution in [3.63, 3.8) is 0 Å². The molecule has 0 aromatic rings. The zero-order chi connectivity index (χ0) is 56.4. The molecule has 0 amide bonds. The van der Waals surface area contributed by atoms with Crippen LogP contribution >= 0.6 is 0 Å². The zero-order valence-electron chi connectivity index (χ0n) is 52.7. The van der Waals surface area contributed by atoms with Gasteiger partial charge >= 0.3 is 17.9 Å². The fourth-order valence-corrected chi connectivity index (χ4v) is 10.6. The topological polar surface area (TPSA) is 78.9 Å². The van der Waals surface area contributed by atoms with E-state index in [4.69, 9.17) is 14.2 Å². The van der Waals surface area contributed by atoms with Crippen LogP contribution in [0, 0.1) is 0 Å². The van der Waals surface area contributed by atoms with Crippen LogP contribution in [-0.4, -0.2) is 37.2 Å². The molecule has 78 heavy (non-hydrogen) atoms. The molecule has 0 radical (unpaired) electrons. The molecule has 0 saturated heterocycles. The van der Waals surface area contributed by atoms with Crippen molar-refractivity contribution in [2.24, 2.45) is 0 Å². The molecule has 0 aliphatic carbocycles. The number of hydrogen-bond donors (Lipinski definition) is 0. The number of hydrogen-bond acceptors (Lipinski definition) is 6. The number of rotatable bonds is 65. The summed E-state index contributed by atoms with van der Waals surface area (Å²) in [6.45, 7) is 6.70. The second kappa shape index (κ2) is 67.1. The normalized spacial score (nSPS) is 12.2. The first kappa shape index (κ1) is 75.6. The maximum atomic E-state index is 12.9. The van der Waals surface area contributed by atoms with Gasteiger partial charge in [0, 0.05) is 19.3 Å². The Kier molecular flexibility index (Phi) is 65.1. The van der Waals surface area contributed by atoms with Crippen LogP contribution in [0.5, 0.6) is 0 Å². The second-order valence-corrected chi connectivity index (χ2v) is 23.8. The Bertz CT molecular complexity index is 1300. The van der Waals surface area contributed by atoms with E-state index in [1.807, 2.05) is 0 Å². The van der Waals surface area contributed by atoms with E-state index in [2.05, 4.69) is 57.2 Å². The van der Waals surface area contributed by atoms with Gasteiger partial charge in [-0.25, -0.2) is 0 Å². The first-order valence-electron chi connectivity index (χ1n) is 35.0. The van der Waals surface area contributed by atoms with Gasteiger partial charge in [0.15, 0.2) is 6.10 Å². The summed E-state index contributed by atoms with van der Waals surface area (Å²) in [4.78, 5) is 38.4. The van der Waals surface area contributed by atoms with E-state index in [1.54, 1.807) is 0 Å². The van der Waals surface area contributed by atoms with Crippen LogP contribution in [0.2, 0.25) is 0 Å². The molecule has 0 N–H and O–H groups in total. The number of unbranched alkanes of at least 4 members (excludes halogenated alkanes) is 48. The molecular weight excluding hydrogens is 961 g/mol. The van der Waals surface area contributed by atoms with E-state index >= 15 is 0 Å². The fourth-order valence-electron chi connectivity index (χ4n) is 10.6. The minimum Gasteiger partial charge on any atom is -0.462 e. The molecule has 458 valence electrons. The molecule has 6 nitrogen and oxygen atoms in total. The first-order chi connectivity index (χ1) is 38.5. The molecule has 0 spiro atoms. The Morgan fingerprint density at radius 2 is 0.462 bits per heavy atom. The van der Waals surface area contributed by atoms with Crippen molar-refractivity contribution in [2.45, 2.75) is 393 Å². The highest BCUT2D eigenvalue weighted by Crippen LogP contribution is 2.18. The van der Waals surface area contributed by atoms with Gasteiger partial charge in [-0.05, 0) is 77.0 Å². The zero-order valence-corrected chi connectivity index (χ0v) is 52.7. The molecule has 0 heterocycles. The summed E-state index contributed by atoms with van der Waals surface area (Å²) in [7, 11) is 0. The molecule has 6 heteroatoms. The van der Waals surface area contributed by atoms with Gasteiger partial charge < -0.3 is 14.2 Å². The summed E-state index contributed by atoms with van der Waals surface area (Å²) < 4.78 is 17.0. The Morgan fingerprint density at radius 3 is 0.718 bits per heavy atom. The molecule has 0 aromatic carbocycles. The van der Waals surface area contributed by atoms with Crippen molar-refractivity contribution >= 4 is 17.9 Å². The molecule has 1 unspecified atom stereocenters. The predicted octanol–water partition coefficient (Wildman–Crippen LogP) is 23.9. The minimum atomic E-state index is -0.773. The van der Waals surface area contributed by atoms with Crippen LogP contribution in [0.3, 0.4) is 0 Å². The molecular formula is C72H134O6. The van der Waals surface area contributed by atoms with E-state index in [9.17, 15) is 14.4 Å². The van der Waals surface area contributed by atoms with Crippen molar-refractivity contribution in [3.8, 4) is 0 Å². The number of ether oxygens (including phenoxy) is 3. The highest BCUT2D eigenvalue weighted by molar-refractivity contribution is 5.71. The minimum absolute atomic E-state index is 0.0687. The standard InChI is InChI=1S/C72H134O6/c1-4-7-10-13-16-19-22-25-28-30-32-34-35-36-37-39-40-42-44-47-50-53-56-59-62-65-71(74)77-68-69(67-76-70(73)64-61-58-55-52-49-46-27-24-21-18-15-12-9-6-3)78-72(75)66-63-60-57-54-51-48-45-43-41-38-33-31-29-26-23-20-17-14-11-8-5-2/h23,26,30-33,69H,4-22,24-25,27-29,34-68H2,1-3H3/b26-23-,32-30-,33-31-. The molecule has 0 saturated carbocycles. The summed E-state index contributed by atoms with van der Waals surface area (Å²) in [6.07, 6.45) is 83.1. The number of allylic oxidation sites excluding steroid dienone is 6. The Morgan fingerprint density at radius 1 is 0.256 bits per heavy atom. The van der Waals surface area contributed by atoms with Crippen LogP contribution in [-0.2, 0) is 28.6 Å². The van der Waals surface area contributed by atoms with E-state index in [-0.39, 0.29) is 31.1 Å². The highest BCUT2D eigenvalue weighted by Gasteiger charge is 2.19. The van der Waals surface area contributed by atoms with Crippen LogP contribution < -0.4 is 0 Å². The largest absolute Gasteiger partial charge is 0.462 e. The van der Waals surface area contributed by atoms with Crippen molar-refractivity contribution < 1.29 is 28.6 Å². The monoisotopic (exact) mass is 1100 g/mol. The average Bonchev–Trinajstić information content (AvgIpc) is 3.44. The third kappa shape index (κ3) is 64.5. The van der Waals surface area contributed by atoms with Crippen molar-refractivity contribution in [2.75, 3.05) is 13.2 Å². The van der Waals surface area contributed by atoms with Gasteiger partial charge in [-0.3, -0.25) is 14.4 Å². The van der Waals surface area contributed by atoms with Crippen molar-refractivity contribution in [1.82, 2.24) is 0 Å². The third-order valence-electron chi connectivity index (χ3n) is 15.9. The predicted molar refractivity (Wildman–Crippen MR) is 339 cm³/mol. The van der Waals surface area contributed by atoms with Crippen LogP contribution in [0.15, 0.2) is 36.5 Å². The third-order valence-corrected chi connectivity index (χ3v) is 15.9. The Balaban J connectivity index is 4.26. The SMILES string of the molecule is CCCCCCC/C=C\C/C=C\CCCCCCCCCCCC(=O)OC(COC(=O)CCCCCCCCCCCCCCCC)COC(=O)CCCCCCCCCCCCCCC/C=C\CCCCCCCCCC. The maximum absolute atomic E-state index is 12.9. The lowest BCUT2D eigenvalue weighted by molar-refractivity contribution is -0.167. The summed E-state index contributed by atoms with van der Waals surface area (Å²) in [5, 5.41) is 0. The lowest BCUT2D eigenvalue weighted by Crippen LogP contribution is -2.30. The smallest absolute Gasteiger partial charge is 0.306 e. The van der Waals surface area contributed by atoms with Gasteiger partial charge in [0.25, 0.3) is 0 Å². The Labute approximate surface area is 486 Å². The molecule has 0 aromatic heterocycles. The lowest BCUT2D eigenvalue weighted by Gasteiger charge is -2.18. The summed E-state index contributed by atoms with van der Waals surface area (Å²) >= 11 is 0. The van der Waals surface area contributed by atoms with E-state index in [0.717, 1.165) is 64.2 Å². The van der Waals surface area contributed by atoms with Gasteiger partial charge in [-0.1, -0.05) is 327 Å². The van der Waals surface area contributed by atoms with E-state index in [1.165, 1.54) is 283 Å². The maximum Gasteiger partial charge on any atom is 0.306 e. The summed E-state index contributed by atoms with van der Waals surface area (Å²) in [5.74, 6) is -0.845. The average molecular weight is 1100 g/mol. The molecule has 0 bridgehead atoms. The number of carbonyl (C=O) groups is 3. The van der Waals surface area contributed by atoms with Gasteiger partial charge in [0.05, 0.1) is 0 Å².